The zero-order chi connectivity index (χ0) is 17.9. The van der Waals surface area contributed by atoms with Gasteiger partial charge in [-0.25, -0.2) is 4.98 Å². The first-order chi connectivity index (χ1) is 12.7. The van der Waals surface area contributed by atoms with Gasteiger partial charge in [-0.1, -0.05) is 0 Å². The smallest absolute Gasteiger partial charge is 0.274 e. The van der Waals surface area contributed by atoms with Gasteiger partial charge in [-0.05, 0) is 31.6 Å². The third-order valence-electron chi connectivity index (χ3n) is 5.97. The molecule has 4 aliphatic heterocycles. The molecule has 5 rings (SSSR count). The first-order valence-corrected chi connectivity index (χ1v) is 9.84. The van der Waals surface area contributed by atoms with Crippen molar-refractivity contribution in [3.8, 4) is 0 Å². The Hall–Kier alpha value is -1.73. The molecule has 2 bridgehead atoms. The van der Waals surface area contributed by atoms with Gasteiger partial charge in [-0.3, -0.25) is 14.7 Å². The number of hydrogen-bond donors (Lipinski definition) is 0. The van der Waals surface area contributed by atoms with E-state index in [1.165, 1.54) is 12.8 Å². The van der Waals surface area contributed by atoms with Crippen LogP contribution in [0.3, 0.4) is 0 Å². The molecule has 2 atom stereocenters. The highest BCUT2D eigenvalue weighted by molar-refractivity contribution is 5.92. The molecular formula is C19H29N5O2. The van der Waals surface area contributed by atoms with E-state index in [1.807, 2.05) is 11.1 Å². The molecule has 4 aliphatic rings. The van der Waals surface area contributed by atoms with Crippen LogP contribution >= 0.6 is 0 Å². The maximum atomic E-state index is 12.6. The fourth-order valence-corrected chi connectivity index (χ4v) is 4.54. The van der Waals surface area contributed by atoms with Crippen molar-refractivity contribution in [2.75, 3.05) is 57.9 Å². The van der Waals surface area contributed by atoms with Gasteiger partial charge in [-0.15, -0.1) is 0 Å². The molecule has 142 valence electrons. The minimum Gasteiger partial charge on any atom is -0.383 e. The van der Waals surface area contributed by atoms with Gasteiger partial charge in [0.1, 0.15) is 11.5 Å². The summed E-state index contributed by atoms with van der Waals surface area (Å²) in [5.41, 5.74) is 0.484. The van der Waals surface area contributed by atoms with E-state index in [2.05, 4.69) is 14.8 Å². The van der Waals surface area contributed by atoms with Crippen molar-refractivity contribution in [3.63, 3.8) is 0 Å². The Morgan fingerprint density at radius 1 is 1.19 bits per heavy atom. The number of amides is 1. The number of fused-ring (bicyclic) bond motifs is 4. The largest absolute Gasteiger partial charge is 0.383 e. The number of hydrogen-bond acceptors (Lipinski definition) is 6. The molecule has 7 heteroatoms. The van der Waals surface area contributed by atoms with Crippen molar-refractivity contribution in [2.24, 2.45) is 5.92 Å². The highest BCUT2D eigenvalue weighted by Crippen LogP contribution is 2.29. The summed E-state index contributed by atoms with van der Waals surface area (Å²) in [4.78, 5) is 28.5. The molecule has 1 amide bonds. The standard InChI is InChI=1S/C19H29N5O2/c1-26-9-8-23-12-15-4-5-16(23)14-24(13-15)18-11-20-10-17(21-18)19(25)22-6-2-3-7-22/h10-11,15-16H,2-9,12-14H2,1H3/t15-,16-/m1/s1. The summed E-state index contributed by atoms with van der Waals surface area (Å²) in [5.74, 6) is 1.52. The minimum absolute atomic E-state index is 0.0244. The van der Waals surface area contributed by atoms with Crippen LogP contribution in [0.2, 0.25) is 0 Å². The predicted molar refractivity (Wildman–Crippen MR) is 99.3 cm³/mol. The molecule has 26 heavy (non-hydrogen) atoms. The fraction of sp³-hybridized carbons (Fsp3) is 0.737. The second-order valence-electron chi connectivity index (χ2n) is 7.75. The third-order valence-corrected chi connectivity index (χ3v) is 5.97. The lowest BCUT2D eigenvalue weighted by atomic mass is 9.95. The van der Waals surface area contributed by atoms with Crippen molar-refractivity contribution in [1.82, 2.24) is 19.8 Å². The van der Waals surface area contributed by atoms with Crippen molar-refractivity contribution < 1.29 is 9.53 Å². The molecule has 4 fully saturated rings. The average molecular weight is 359 g/mol. The van der Waals surface area contributed by atoms with E-state index >= 15 is 0 Å². The number of aromatic nitrogens is 2. The predicted octanol–water partition coefficient (Wildman–Crippen LogP) is 1.26. The normalized spacial score (nSPS) is 26.3. The summed E-state index contributed by atoms with van der Waals surface area (Å²) >= 11 is 0. The van der Waals surface area contributed by atoms with Gasteiger partial charge in [0.05, 0.1) is 19.0 Å². The number of anilines is 1. The molecule has 0 radical (unpaired) electrons. The highest BCUT2D eigenvalue weighted by atomic mass is 16.5. The van der Waals surface area contributed by atoms with Crippen LogP contribution in [0.15, 0.2) is 12.4 Å². The molecule has 0 aromatic carbocycles. The molecule has 0 spiro atoms. The van der Waals surface area contributed by atoms with E-state index < -0.39 is 0 Å². The van der Waals surface area contributed by atoms with Gasteiger partial charge >= 0.3 is 0 Å². The Morgan fingerprint density at radius 3 is 2.85 bits per heavy atom. The number of ether oxygens (including phenoxy) is 1. The average Bonchev–Trinajstić information content (AvgIpc) is 3.06. The molecule has 1 aromatic rings. The van der Waals surface area contributed by atoms with Crippen LogP contribution in [0.25, 0.3) is 0 Å². The summed E-state index contributed by atoms with van der Waals surface area (Å²) in [6.45, 7) is 6.53. The SMILES string of the molecule is COCCN1C[C@H]2CC[C@@H]1CN(c1cncc(C(=O)N3CCCC3)n1)C2. The van der Waals surface area contributed by atoms with Crippen LogP contribution in [0.5, 0.6) is 0 Å². The number of likely N-dealkylation sites (tertiary alicyclic amines) is 1. The third kappa shape index (κ3) is 3.69. The van der Waals surface area contributed by atoms with Crippen LogP contribution in [-0.4, -0.2) is 84.7 Å². The fourth-order valence-electron chi connectivity index (χ4n) is 4.54. The second-order valence-corrected chi connectivity index (χ2v) is 7.75. The number of carbonyl (C=O) groups is 1. The summed E-state index contributed by atoms with van der Waals surface area (Å²) < 4.78 is 5.28. The lowest BCUT2D eigenvalue weighted by Crippen LogP contribution is -2.45. The number of carbonyl (C=O) groups excluding carboxylic acids is 1. The number of methoxy groups -OCH3 is 1. The zero-order valence-electron chi connectivity index (χ0n) is 15.6. The van der Waals surface area contributed by atoms with Gasteiger partial charge in [0.15, 0.2) is 0 Å². The van der Waals surface area contributed by atoms with Crippen molar-refractivity contribution in [2.45, 2.75) is 31.7 Å². The van der Waals surface area contributed by atoms with Crippen molar-refractivity contribution in [1.29, 1.82) is 0 Å². The van der Waals surface area contributed by atoms with E-state index in [4.69, 9.17) is 9.72 Å². The summed E-state index contributed by atoms with van der Waals surface area (Å²) in [7, 11) is 1.76. The molecule has 5 heterocycles. The highest BCUT2D eigenvalue weighted by Gasteiger charge is 2.35. The molecule has 7 nitrogen and oxygen atoms in total. The van der Waals surface area contributed by atoms with Crippen LogP contribution < -0.4 is 4.90 Å². The van der Waals surface area contributed by atoms with Crippen LogP contribution in [-0.2, 0) is 4.74 Å². The molecule has 0 aliphatic carbocycles. The van der Waals surface area contributed by atoms with E-state index in [9.17, 15) is 4.79 Å². The molecule has 1 aromatic heterocycles. The van der Waals surface area contributed by atoms with Crippen LogP contribution in [0.1, 0.15) is 36.2 Å². The lowest BCUT2D eigenvalue weighted by molar-refractivity contribution is 0.0786. The number of nitrogens with zero attached hydrogens (tertiary/aromatic N) is 5. The molecular weight excluding hydrogens is 330 g/mol. The first-order valence-electron chi connectivity index (χ1n) is 9.84. The van der Waals surface area contributed by atoms with E-state index in [-0.39, 0.29) is 5.91 Å². The van der Waals surface area contributed by atoms with Gasteiger partial charge in [0, 0.05) is 52.4 Å². The molecule has 0 unspecified atom stereocenters. The van der Waals surface area contributed by atoms with Crippen LogP contribution in [0, 0.1) is 5.92 Å². The number of piperidine rings is 1. The van der Waals surface area contributed by atoms with Gasteiger partial charge < -0.3 is 14.5 Å². The molecule has 4 saturated heterocycles. The van der Waals surface area contributed by atoms with E-state index in [0.29, 0.717) is 17.7 Å². The summed E-state index contributed by atoms with van der Waals surface area (Å²) in [6.07, 6.45) is 8.10. The molecule has 0 saturated carbocycles. The maximum Gasteiger partial charge on any atom is 0.274 e. The van der Waals surface area contributed by atoms with Crippen molar-refractivity contribution >= 4 is 11.7 Å². The lowest BCUT2D eigenvalue weighted by Gasteiger charge is -2.35. The van der Waals surface area contributed by atoms with Crippen LogP contribution in [0.4, 0.5) is 5.82 Å². The Morgan fingerprint density at radius 2 is 2.04 bits per heavy atom. The zero-order valence-corrected chi connectivity index (χ0v) is 15.6. The second kappa shape index (κ2) is 7.88. The monoisotopic (exact) mass is 359 g/mol. The topological polar surface area (TPSA) is 61.8 Å². The summed E-state index contributed by atoms with van der Waals surface area (Å²) in [5, 5.41) is 0. The van der Waals surface area contributed by atoms with Crippen molar-refractivity contribution in [3.05, 3.63) is 18.1 Å². The Bertz CT molecular complexity index is 634. The summed E-state index contributed by atoms with van der Waals surface area (Å²) in [6, 6.07) is 0.531. The Labute approximate surface area is 155 Å². The van der Waals surface area contributed by atoms with Gasteiger partial charge in [0.25, 0.3) is 5.91 Å². The van der Waals surface area contributed by atoms with E-state index in [0.717, 1.165) is 64.5 Å². The van der Waals surface area contributed by atoms with Gasteiger partial charge in [0.2, 0.25) is 0 Å². The van der Waals surface area contributed by atoms with E-state index in [1.54, 1.807) is 13.3 Å². The Kier molecular flexibility index (Phi) is 5.36. The molecule has 0 N–H and O–H groups in total. The minimum atomic E-state index is 0.0244. The quantitative estimate of drug-likeness (QED) is 0.789. The first kappa shape index (κ1) is 17.7. The van der Waals surface area contributed by atoms with Gasteiger partial charge in [-0.2, -0.15) is 0 Å². The number of rotatable bonds is 5. The maximum absolute atomic E-state index is 12.6. The Balaban J connectivity index is 1.49.